The Morgan fingerprint density at radius 2 is 1.70 bits per heavy atom. The second kappa shape index (κ2) is 14.9. The number of anilines is 1. The van der Waals surface area contributed by atoms with E-state index in [2.05, 4.69) is 17.2 Å². The number of halogens is 1. The van der Waals surface area contributed by atoms with Gasteiger partial charge < -0.3 is 20.3 Å². The number of nitrogens with one attached hydrogen (secondary N) is 2. The van der Waals surface area contributed by atoms with Crippen molar-refractivity contribution >= 4 is 41.3 Å². The highest BCUT2D eigenvalue weighted by molar-refractivity contribution is 6.34. The van der Waals surface area contributed by atoms with E-state index in [4.69, 9.17) is 16.3 Å². The molecule has 3 aromatic rings. The summed E-state index contributed by atoms with van der Waals surface area (Å²) in [5.41, 5.74) is 2.75. The van der Waals surface area contributed by atoms with Crippen LogP contribution in [0.3, 0.4) is 0 Å². The molecule has 3 atom stereocenters. The summed E-state index contributed by atoms with van der Waals surface area (Å²) in [5.74, 6) is -0.842. The number of benzene rings is 3. The zero-order valence-electron chi connectivity index (χ0n) is 25.8. The fraction of sp³-hybridized carbons (Fsp3) is 0.343. The summed E-state index contributed by atoms with van der Waals surface area (Å²) in [6.07, 6.45) is 1.74. The molecular weight excluding hydrogens is 562 g/mol. The van der Waals surface area contributed by atoms with E-state index in [1.54, 1.807) is 37.8 Å². The number of rotatable bonds is 11. The number of hydrogen-bond acceptors (Lipinski definition) is 4. The van der Waals surface area contributed by atoms with Gasteiger partial charge >= 0.3 is 6.09 Å². The lowest BCUT2D eigenvalue weighted by molar-refractivity contribution is -0.143. The first-order valence-electron chi connectivity index (χ1n) is 14.5. The number of para-hydroxylation sites is 1. The van der Waals surface area contributed by atoms with Gasteiger partial charge in [0, 0.05) is 12.5 Å². The molecule has 0 heterocycles. The van der Waals surface area contributed by atoms with Crippen molar-refractivity contribution in [3.8, 4) is 0 Å². The quantitative estimate of drug-likeness (QED) is 0.235. The predicted octanol–water partition coefficient (Wildman–Crippen LogP) is 7.73. The lowest BCUT2D eigenvalue weighted by Gasteiger charge is -2.38. The molecule has 3 unspecified atom stereocenters. The molecule has 0 saturated heterocycles. The Bertz CT molecular complexity index is 1410. The third kappa shape index (κ3) is 9.19. The minimum atomic E-state index is -1.04. The van der Waals surface area contributed by atoms with Crippen molar-refractivity contribution in [2.24, 2.45) is 0 Å². The van der Waals surface area contributed by atoms with Crippen molar-refractivity contribution in [3.63, 3.8) is 0 Å². The number of hydrogen-bond donors (Lipinski definition) is 2. The van der Waals surface area contributed by atoms with Crippen molar-refractivity contribution in [2.75, 3.05) is 5.32 Å². The maximum Gasteiger partial charge on any atom is 0.408 e. The normalized spacial score (nSPS) is 13.3. The average Bonchev–Trinajstić information content (AvgIpc) is 2.96. The second-order valence-corrected chi connectivity index (χ2v) is 12.0. The Labute approximate surface area is 260 Å². The molecule has 0 aliphatic heterocycles. The van der Waals surface area contributed by atoms with E-state index in [1.165, 1.54) is 0 Å². The summed E-state index contributed by atoms with van der Waals surface area (Å²) in [5, 5.41) is 6.17. The van der Waals surface area contributed by atoms with Crippen LogP contribution in [0, 0.1) is 6.92 Å². The minimum absolute atomic E-state index is 0.205. The molecule has 0 fully saturated rings. The number of carbonyl (C=O) groups excluding carboxylic acids is 3. The van der Waals surface area contributed by atoms with E-state index in [1.807, 2.05) is 87.5 Å². The molecule has 7 nitrogen and oxygen atoms in total. The van der Waals surface area contributed by atoms with Gasteiger partial charge in [0.25, 0.3) is 5.91 Å². The standard InChI is InChI=1S/C35H42ClN3O4/c1-8-24(4)39(33(41)29(22-26-16-11-10-12-17-26)37-34(42)43-35(5,6)7)31(27-19-14-18-25(9-2)21-27)32(40)38-30-23(3)15-13-20-28(30)36/h9-21,24,29,31H,2,8,22H2,1,3-7H3,(H,37,42)(H,38,40). The van der Waals surface area contributed by atoms with Gasteiger partial charge in [0.15, 0.2) is 0 Å². The molecule has 3 amide bonds. The van der Waals surface area contributed by atoms with Gasteiger partial charge in [0.2, 0.25) is 5.91 Å². The van der Waals surface area contributed by atoms with E-state index in [0.717, 1.165) is 16.7 Å². The average molecular weight is 604 g/mol. The summed E-state index contributed by atoms with van der Waals surface area (Å²) < 4.78 is 5.53. The third-order valence-corrected chi connectivity index (χ3v) is 7.37. The number of alkyl carbamates (subject to hydrolysis) is 1. The Hall–Kier alpha value is -4.10. The Balaban J connectivity index is 2.14. The Morgan fingerprint density at radius 1 is 1.02 bits per heavy atom. The van der Waals surface area contributed by atoms with Crippen LogP contribution >= 0.6 is 11.6 Å². The molecule has 228 valence electrons. The van der Waals surface area contributed by atoms with Gasteiger partial charge in [-0.1, -0.05) is 91.8 Å². The van der Waals surface area contributed by atoms with Crippen LogP contribution in [0.5, 0.6) is 0 Å². The maximum atomic E-state index is 14.6. The second-order valence-electron chi connectivity index (χ2n) is 11.6. The molecule has 8 heteroatoms. The van der Waals surface area contributed by atoms with E-state index < -0.39 is 35.6 Å². The van der Waals surface area contributed by atoms with E-state index >= 15 is 0 Å². The SMILES string of the molecule is C=Cc1cccc(C(C(=O)Nc2c(C)cccc2Cl)N(C(=O)C(Cc2ccccc2)NC(=O)OC(C)(C)C)C(C)CC)c1. The van der Waals surface area contributed by atoms with Crippen LogP contribution in [-0.2, 0) is 20.7 Å². The number of ether oxygens (including phenoxy) is 1. The van der Waals surface area contributed by atoms with E-state index in [9.17, 15) is 14.4 Å². The molecule has 0 spiro atoms. The van der Waals surface area contributed by atoms with Crippen molar-refractivity contribution in [3.05, 3.63) is 107 Å². The zero-order valence-corrected chi connectivity index (χ0v) is 26.6. The molecule has 0 saturated carbocycles. The number of aryl methyl sites for hydroxylation is 1. The fourth-order valence-electron chi connectivity index (χ4n) is 4.75. The predicted molar refractivity (Wildman–Crippen MR) is 174 cm³/mol. The first-order chi connectivity index (χ1) is 20.3. The lowest BCUT2D eigenvalue weighted by atomic mass is 9.96. The highest BCUT2D eigenvalue weighted by atomic mass is 35.5. The van der Waals surface area contributed by atoms with Crippen LogP contribution in [-0.4, -0.2) is 40.5 Å². The summed E-state index contributed by atoms with van der Waals surface area (Å²) in [4.78, 5) is 43.5. The summed E-state index contributed by atoms with van der Waals surface area (Å²) >= 11 is 6.48. The van der Waals surface area contributed by atoms with Crippen molar-refractivity contribution in [1.82, 2.24) is 10.2 Å². The van der Waals surface area contributed by atoms with Gasteiger partial charge in [0.05, 0.1) is 10.7 Å². The van der Waals surface area contributed by atoms with Gasteiger partial charge in [-0.15, -0.1) is 0 Å². The number of carbonyl (C=O) groups is 3. The van der Waals surface area contributed by atoms with Gasteiger partial charge in [-0.2, -0.15) is 0 Å². The Morgan fingerprint density at radius 3 is 2.30 bits per heavy atom. The van der Waals surface area contributed by atoms with Gasteiger partial charge in [-0.05, 0) is 75.4 Å². The van der Waals surface area contributed by atoms with Crippen molar-refractivity contribution in [2.45, 2.75) is 78.1 Å². The number of amides is 3. The highest BCUT2D eigenvalue weighted by Gasteiger charge is 2.39. The van der Waals surface area contributed by atoms with Crippen LogP contribution < -0.4 is 10.6 Å². The summed E-state index contributed by atoms with van der Waals surface area (Å²) in [6, 6.07) is 19.7. The first kappa shape index (κ1) is 33.4. The maximum absolute atomic E-state index is 14.6. The molecule has 0 aliphatic rings. The molecule has 3 aromatic carbocycles. The van der Waals surface area contributed by atoms with Crippen LogP contribution in [0.4, 0.5) is 10.5 Å². The van der Waals surface area contributed by atoms with Crippen molar-refractivity contribution < 1.29 is 19.1 Å². The largest absolute Gasteiger partial charge is 0.444 e. The highest BCUT2D eigenvalue weighted by Crippen LogP contribution is 2.31. The summed E-state index contributed by atoms with van der Waals surface area (Å²) in [7, 11) is 0. The van der Waals surface area contributed by atoms with Crippen LogP contribution in [0.15, 0.2) is 79.4 Å². The molecule has 43 heavy (non-hydrogen) atoms. The van der Waals surface area contributed by atoms with E-state index in [0.29, 0.717) is 22.7 Å². The smallest absolute Gasteiger partial charge is 0.408 e. The minimum Gasteiger partial charge on any atom is -0.444 e. The molecule has 2 N–H and O–H groups in total. The lowest BCUT2D eigenvalue weighted by Crippen LogP contribution is -2.55. The fourth-order valence-corrected chi connectivity index (χ4v) is 5.02. The van der Waals surface area contributed by atoms with Crippen LogP contribution in [0.2, 0.25) is 5.02 Å². The third-order valence-electron chi connectivity index (χ3n) is 7.05. The molecule has 0 bridgehead atoms. The molecular formula is C35H42ClN3O4. The monoisotopic (exact) mass is 603 g/mol. The molecule has 0 aliphatic carbocycles. The number of nitrogens with zero attached hydrogens (tertiary/aromatic N) is 1. The Kier molecular flexibility index (Phi) is 11.6. The zero-order chi connectivity index (χ0) is 31.7. The van der Waals surface area contributed by atoms with Gasteiger partial charge in [0.1, 0.15) is 17.7 Å². The van der Waals surface area contributed by atoms with Gasteiger partial charge in [-0.25, -0.2) is 4.79 Å². The van der Waals surface area contributed by atoms with E-state index in [-0.39, 0.29) is 12.5 Å². The first-order valence-corrected chi connectivity index (χ1v) is 14.9. The van der Waals surface area contributed by atoms with Crippen LogP contribution in [0.1, 0.15) is 69.3 Å². The molecule has 3 rings (SSSR count). The van der Waals surface area contributed by atoms with Gasteiger partial charge in [-0.3, -0.25) is 9.59 Å². The van der Waals surface area contributed by atoms with Crippen molar-refractivity contribution in [1.29, 1.82) is 0 Å². The molecule has 0 aromatic heterocycles. The summed E-state index contributed by atoms with van der Waals surface area (Å²) in [6.45, 7) is 14.9. The van der Waals surface area contributed by atoms with Crippen LogP contribution in [0.25, 0.3) is 6.08 Å². The molecule has 0 radical (unpaired) electrons. The topological polar surface area (TPSA) is 87.7 Å².